The molecule has 0 aliphatic carbocycles. The standard InChI is InChI=1S/C13H7BrCl3F/c14-8-3-7(4-10(18)5-8)13(17)11-6-9(15)1-2-12(11)16/h1-6,13H. The van der Waals surface area contributed by atoms with E-state index in [1.165, 1.54) is 12.1 Å². The van der Waals surface area contributed by atoms with Gasteiger partial charge in [-0.25, -0.2) is 4.39 Å². The smallest absolute Gasteiger partial charge is 0.124 e. The Morgan fingerprint density at radius 3 is 2.44 bits per heavy atom. The molecule has 0 heterocycles. The zero-order valence-electron chi connectivity index (χ0n) is 8.93. The Labute approximate surface area is 128 Å². The number of rotatable bonds is 2. The second kappa shape index (κ2) is 5.79. The highest BCUT2D eigenvalue weighted by Gasteiger charge is 2.16. The van der Waals surface area contributed by atoms with Gasteiger partial charge in [0.15, 0.2) is 0 Å². The van der Waals surface area contributed by atoms with Crippen LogP contribution < -0.4 is 0 Å². The van der Waals surface area contributed by atoms with Crippen LogP contribution in [0.15, 0.2) is 40.9 Å². The molecule has 0 nitrogen and oxygen atoms in total. The Morgan fingerprint density at radius 2 is 1.78 bits per heavy atom. The van der Waals surface area contributed by atoms with Crippen LogP contribution in [-0.4, -0.2) is 0 Å². The summed E-state index contributed by atoms with van der Waals surface area (Å²) in [7, 11) is 0. The van der Waals surface area contributed by atoms with E-state index in [0.29, 0.717) is 25.6 Å². The lowest BCUT2D eigenvalue weighted by molar-refractivity contribution is 0.625. The number of hydrogen-bond acceptors (Lipinski definition) is 0. The molecule has 2 rings (SSSR count). The summed E-state index contributed by atoms with van der Waals surface area (Å²) in [5.74, 6) is -0.358. The van der Waals surface area contributed by atoms with Crippen molar-refractivity contribution in [1.82, 2.24) is 0 Å². The number of hydrogen-bond donors (Lipinski definition) is 0. The maximum atomic E-state index is 13.3. The quantitative estimate of drug-likeness (QED) is 0.552. The molecule has 5 heteroatoms. The van der Waals surface area contributed by atoms with Gasteiger partial charge in [0, 0.05) is 14.5 Å². The molecule has 0 bridgehead atoms. The predicted molar refractivity (Wildman–Crippen MR) is 78.3 cm³/mol. The lowest BCUT2D eigenvalue weighted by Gasteiger charge is -2.13. The second-order valence-corrected chi connectivity index (χ2v) is 5.93. The fourth-order valence-electron chi connectivity index (χ4n) is 1.61. The van der Waals surface area contributed by atoms with E-state index in [1.54, 1.807) is 24.3 Å². The topological polar surface area (TPSA) is 0 Å². The first kappa shape index (κ1) is 14.1. The molecule has 0 saturated carbocycles. The van der Waals surface area contributed by atoms with Crippen LogP contribution in [0, 0.1) is 5.82 Å². The highest BCUT2D eigenvalue weighted by atomic mass is 79.9. The lowest BCUT2D eigenvalue weighted by atomic mass is 10.0. The van der Waals surface area contributed by atoms with Crippen LogP contribution in [0.3, 0.4) is 0 Å². The van der Waals surface area contributed by atoms with Gasteiger partial charge >= 0.3 is 0 Å². The van der Waals surface area contributed by atoms with Crippen molar-refractivity contribution in [3.63, 3.8) is 0 Å². The third-order valence-electron chi connectivity index (χ3n) is 2.41. The van der Waals surface area contributed by atoms with Crippen LogP contribution in [0.5, 0.6) is 0 Å². The molecule has 2 aromatic rings. The van der Waals surface area contributed by atoms with Gasteiger partial charge in [0.2, 0.25) is 0 Å². The average Bonchev–Trinajstić information content (AvgIpc) is 2.30. The van der Waals surface area contributed by atoms with Crippen LogP contribution in [0.25, 0.3) is 0 Å². The van der Waals surface area contributed by atoms with Crippen molar-refractivity contribution < 1.29 is 4.39 Å². The molecular formula is C13H7BrCl3F. The summed E-state index contributed by atoms with van der Waals surface area (Å²) < 4.78 is 14.0. The van der Waals surface area contributed by atoms with Crippen molar-refractivity contribution in [1.29, 1.82) is 0 Å². The molecule has 18 heavy (non-hydrogen) atoms. The Morgan fingerprint density at radius 1 is 1.06 bits per heavy atom. The van der Waals surface area contributed by atoms with Gasteiger partial charge < -0.3 is 0 Å². The van der Waals surface area contributed by atoms with Crippen LogP contribution in [0.4, 0.5) is 4.39 Å². The summed E-state index contributed by atoms with van der Waals surface area (Å²) >= 11 is 21.5. The van der Waals surface area contributed by atoms with E-state index in [0.717, 1.165) is 0 Å². The first-order valence-corrected chi connectivity index (χ1v) is 7.01. The molecule has 1 atom stereocenters. The SMILES string of the molecule is Fc1cc(Br)cc(C(Cl)c2cc(Cl)ccc2Cl)c1. The Balaban J connectivity index is 2.47. The van der Waals surface area contributed by atoms with Crippen molar-refractivity contribution in [2.45, 2.75) is 5.38 Å². The van der Waals surface area contributed by atoms with E-state index in [2.05, 4.69) is 15.9 Å². The van der Waals surface area contributed by atoms with Crippen LogP contribution in [0.1, 0.15) is 16.5 Å². The van der Waals surface area contributed by atoms with Gasteiger partial charge in [0.1, 0.15) is 5.82 Å². The zero-order valence-corrected chi connectivity index (χ0v) is 12.8. The van der Waals surface area contributed by atoms with Crippen LogP contribution in [0.2, 0.25) is 10.0 Å². The van der Waals surface area contributed by atoms with Crippen molar-refractivity contribution in [2.24, 2.45) is 0 Å². The third kappa shape index (κ3) is 3.18. The van der Waals surface area contributed by atoms with Gasteiger partial charge in [-0.2, -0.15) is 0 Å². The van der Waals surface area contributed by atoms with E-state index in [9.17, 15) is 4.39 Å². The molecule has 0 aliphatic rings. The molecule has 0 aliphatic heterocycles. The summed E-state index contributed by atoms with van der Waals surface area (Å²) in [5.41, 5.74) is 1.27. The Bertz CT molecular complexity index is 566. The van der Waals surface area contributed by atoms with E-state index in [1.807, 2.05) is 0 Å². The number of alkyl halides is 1. The van der Waals surface area contributed by atoms with Gasteiger partial charge in [-0.1, -0.05) is 39.1 Å². The highest BCUT2D eigenvalue weighted by molar-refractivity contribution is 9.10. The molecule has 0 aromatic heterocycles. The van der Waals surface area contributed by atoms with Crippen molar-refractivity contribution in [3.05, 3.63) is 67.9 Å². The maximum absolute atomic E-state index is 13.3. The molecule has 0 radical (unpaired) electrons. The summed E-state index contributed by atoms with van der Waals surface area (Å²) in [6, 6.07) is 9.52. The molecular weight excluding hydrogens is 361 g/mol. The van der Waals surface area contributed by atoms with Gasteiger partial charge in [0.05, 0.1) is 5.38 Å². The summed E-state index contributed by atoms with van der Waals surface area (Å²) in [6.45, 7) is 0. The molecule has 0 spiro atoms. The van der Waals surface area contributed by atoms with Crippen molar-refractivity contribution in [3.8, 4) is 0 Å². The predicted octanol–water partition coefficient (Wildman–Crippen LogP) is 6.22. The minimum atomic E-state index is -0.553. The average molecular weight is 368 g/mol. The van der Waals surface area contributed by atoms with Gasteiger partial charge in [-0.3, -0.25) is 0 Å². The fraction of sp³-hybridized carbons (Fsp3) is 0.0769. The Kier molecular flexibility index (Phi) is 4.54. The molecule has 0 N–H and O–H groups in total. The fourth-order valence-corrected chi connectivity index (χ4v) is 2.86. The van der Waals surface area contributed by atoms with Crippen molar-refractivity contribution >= 4 is 50.7 Å². The van der Waals surface area contributed by atoms with E-state index in [4.69, 9.17) is 34.8 Å². The molecule has 94 valence electrons. The molecule has 2 aromatic carbocycles. The van der Waals surface area contributed by atoms with E-state index >= 15 is 0 Å². The first-order valence-electron chi connectivity index (χ1n) is 5.02. The number of benzene rings is 2. The summed E-state index contributed by atoms with van der Waals surface area (Å²) in [5, 5.41) is 0.485. The van der Waals surface area contributed by atoms with E-state index < -0.39 is 5.38 Å². The Hall–Kier alpha value is -0.280. The maximum Gasteiger partial charge on any atom is 0.124 e. The summed E-state index contributed by atoms with van der Waals surface area (Å²) in [6.07, 6.45) is 0. The van der Waals surface area contributed by atoms with Gasteiger partial charge in [0.25, 0.3) is 0 Å². The molecule has 0 fully saturated rings. The van der Waals surface area contributed by atoms with Gasteiger partial charge in [-0.15, -0.1) is 11.6 Å². The van der Waals surface area contributed by atoms with Crippen molar-refractivity contribution in [2.75, 3.05) is 0 Å². The monoisotopic (exact) mass is 366 g/mol. The van der Waals surface area contributed by atoms with E-state index in [-0.39, 0.29) is 5.82 Å². The minimum Gasteiger partial charge on any atom is -0.207 e. The van der Waals surface area contributed by atoms with Gasteiger partial charge in [-0.05, 0) is 47.5 Å². The second-order valence-electron chi connectivity index (χ2n) is 3.73. The molecule has 1 unspecified atom stereocenters. The van der Waals surface area contributed by atoms with Crippen LogP contribution >= 0.6 is 50.7 Å². The first-order chi connectivity index (χ1) is 8.47. The molecule has 0 amide bonds. The lowest BCUT2D eigenvalue weighted by Crippen LogP contribution is -1.95. The minimum absolute atomic E-state index is 0.358. The number of halogens is 5. The highest BCUT2D eigenvalue weighted by Crippen LogP contribution is 2.36. The zero-order chi connectivity index (χ0) is 13.3. The third-order valence-corrected chi connectivity index (χ3v) is 3.93. The van der Waals surface area contributed by atoms with Crippen LogP contribution in [-0.2, 0) is 0 Å². The largest absolute Gasteiger partial charge is 0.207 e. The normalized spacial score (nSPS) is 12.5. The summed E-state index contributed by atoms with van der Waals surface area (Å²) in [4.78, 5) is 0. The molecule has 0 saturated heterocycles.